The molecular formula is C48H18Cl4N8O8S5. The van der Waals surface area contributed by atoms with Crippen molar-refractivity contribution in [2.24, 2.45) is 0 Å². The van der Waals surface area contributed by atoms with Gasteiger partial charge < -0.3 is 39.0 Å². The second-order valence-electron chi connectivity index (χ2n) is 16.5. The number of carbonyl (C=O) groups is 2. The Labute approximate surface area is 450 Å². The van der Waals surface area contributed by atoms with Crippen molar-refractivity contribution in [1.29, 1.82) is 21.0 Å². The van der Waals surface area contributed by atoms with E-state index in [9.17, 15) is 51.1 Å². The predicted octanol–water partition coefficient (Wildman–Crippen LogP) is 11.6. The van der Waals surface area contributed by atoms with Crippen molar-refractivity contribution in [1.82, 2.24) is 17.9 Å². The molecule has 0 radical (unpaired) electrons. The molecule has 2 atom stereocenters. The summed E-state index contributed by atoms with van der Waals surface area (Å²) >= 11 is 38.2. The van der Waals surface area contributed by atoms with Gasteiger partial charge >= 0.3 is 0 Å². The summed E-state index contributed by atoms with van der Waals surface area (Å²) < 4.78 is 26.2. The standard InChI is InChI=1S/C48H18Cl4N8O8S5/c49-21-1-15-17(3-23(21)51)39(63)19(29(15)13(7-53)8-54)5-25-41(65)47-43(69)37-45(71-47)31-33-34(58-73-57-33)32-36(35(31)59(37)11-27(61)67-25)60-12-28(62)68-26(42(66)48-44(70)38(60)46(32)72-48)6-20-30(14(9-55)10-56)16-2-22(50)24(52)4-18(16)40(20)64/h1-6,27-28,61-62,65-66,69-70H,11-12H2/b19-5-,20-6-,41-25+,42-26+. The molecule has 7 heterocycles. The first kappa shape index (κ1) is 47.2. The molecule has 0 fully saturated rings. The number of aromatic nitrogens is 4. The summed E-state index contributed by atoms with van der Waals surface area (Å²) in [6.45, 7) is -0.697. The molecule has 0 spiro atoms. The summed E-state index contributed by atoms with van der Waals surface area (Å²) in [6.07, 6.45) is -1.28. The minimum atomic E-state index is -1.77. The number of ketones is 2. The quantitative estimate of drug-likeness (QED) is 0.0534. The Kier molecular flexibility index (Phi) is 10.9. The van der Waals surface area contributed by atoms with Gasteiger partial charge in [0.05, 0.1) is 95.9 Å². The smallest absolute Gasteiger partial charge is 0.215 e. The van der Waals surface area contributed by atoms with Gasteiger partial charge in [-0.1, -0.05) is 46.4 Å². The molecule has 0 saturated carbocycles. The van der Waals surface area contributed by atoms with Crippen molar-refractivity contribution in [3.63, 3.8) is 0 Å². The fourth-order valence-corrected chi connectivity index (χ4v) is 14.5. The summed E-state index contributed by atoms with van der Waals surface area (Å²) in [6, 6.07) is 12.6. The summed E-state index contributed by atoms with van der Waals surface area (Å²) in [5.41, 5.74) is 1.54. The van der Waals surface area contributed by atoms with E-state index in [2.05, 4.69) is 0 Å². The summed E-state index contributed by atoms with van der Waals surface area (Å²) in [4.78, 5) is 28.9. The van der Waals surface area contributed by atoms with Crippen molar-refractivity contribution >= 4 is 194 Å². The van der Waals surface area contributed by atoms with Gasteiger partial charge in [0.1, 0.15) is 46.5 Å². The van der Waals surface area contributed by atoms with Crippen LogP contribution in [0.4, 0.5) is 0 Å². The lowest BCUT2D eigenvalue weighted by Gasteiger charge is -2.19. The lowest BCUT2D eigenvalue weighted by Crippen LogP contribution is -2.21. The number of rotatable bonds is 2. The molecule has 4 N–H and O–H groups in total. The van der Waals surface area contributed by atoms with Crippen LogP contribution in [0.3, 0.4) is 0 Å². The van der Waals surface area contributed by atoms with Gasteiger partial charge in [0.15, 0.2) is 34.6 Å². The van der Waals surface area contributed by atoms with Gasteiger partial charge in [-0.15, -0.1) is 47.9 Å². The zero-order chi connectivity index (χ0) is 51.4. The number of benzene rings is 3. The van der Waals surface area contributed by atoms with Gasteiger partial charge in [0, 0.05) is 44.2 Å². The Hall–Kier alpha value is -6.80. The normalized spacial score (nSPS) is 20.5. The molecule has 12 rings (SSSR count). The first-order chi connectivity index (χ1) is 35.0. The number of hydrogen-bond acceptors (Lipinski definition) is 19. The molecule has 0 saturated heterocycles. The minimum Gasteiger partial charge on any atom is -0.503 e. The number of nitriles is 4. The van der Waals surface area contributed by atoms with E-state index >= 15 is 0 Å². The summed E-state index contributed by atoms with van der Waals surface area (Å²) in [5, 5.41) is 89.4. The summed E-state index contributed by atoms with van der Waals surface area (Å²) in [5.74, 6) is -3.20. The van der Waals surface area contributed by atoms with Crippen LogP contribution in [0.5, 0.6) is 0 Å². The number of ether oxygens (including phenoxy) is 2. The van der Waals surface area contributed by atoms with E-state index in [0.29, 0.717) is 53.3 Å². The van der Waals surface area contributed by atoms with Gasteiger partial charge in [-0.05, 0) is 47.5 Å². The first-order valence-corrected chi connectivity index (χ1v) is 25.6. The van der Waals surface area contributed by atoms with Gasteiger partial charge in [0.25, 0.3) is 0 Å². The third-order valence-electron chi connectivity index (χ3n) is 12.7. The highest BCUT2D eigenvalue weighted by atomic mass is 35.5. The molecule has 2 unspecified atom stereocenters. The Morgan fingerprint density at radius 2 is 0.986 bits per heavy atom. The van der Waals surface area contributed by atoms with Crippen molar-refractivity contribution in [3.05, 3.63) is 122 Å². The molecule has 16 nitrogen and oxygen atoms in total. The maximum absolute atomic E-state index is 14.1. The number of allylic oxidation sites excluding steroid dienone is 8. The van der Waals surface area contributed by atoms with Crippen LogP contribution < -0.4 is 0 Å². The van der Waals surface area contributed by atoms with Crippen LogP contribution in [0.2, 0.25) is 20.1 Å². The van der Waals surface area contributed by atoms with Crippen LogP contribution in [0.15, 0.2) is 80.0 Å². The van der Waals surface area contributed by atoms with Gasteiger partial charge in [-0.25, -0.2) is 0 Å². The minimum absolute atomic E-state index is 0.0365. The molecule has 0 amide bonds. The molecular weight excluding hydrogens is 1120 g/mol. The van der Waals surface area contributed by atoms with Gasteiger partial charge in [-0.3, -0.25) is 9.59 Å². The zero-order valence-electron chi connectivity index (χ0n) is 35.7. The Morgan fingerprint density at radius 3 is 1.34 bits per heavy atom. The van der Waals surface area contributed by atoms with Crippen molar-refractivity contribution in [2.75, 3.05) is 0 Å². The van der Waals surface area contributed by atoms with Crippen molar-refractivity contribution in [3.8, 4) is 24.3 Å². The number of thiophene rings is 2. The van der Waals surface area contributed by atoms with Crippen LogP contribution in [0.1, 0.15) is 41.6 Å². The second kappa shape index (κ2) is 16.9. The maximum Gasteiger partial charge on any atom is 0.215 e. The molecule has 25 heteroatoms. The largest absolute Gasteiger partial charge is 0.503 e. The molecule has 8 aromatic rings. The van der Waals surface area contributed by atoms with E-state index in [1.165, 1.54) is 24.3 Å². The van der Waals surface area contributed by atoms with E-state index in [1.54, 1.807) is 9.13 Å². The maximum atomic E-state index is 14.1. The molecule has 2 aliphatic carbocycles. The second-order valence-corrected chi connectivity index (χ2v) is 21.6. The fraction of sp³-hybridized carbons (Fsp3) is 0.0833. The topological polar surface area (TPSA) is 264 Å². The number of aliphatic hydroxyl groups is 4. The molecule has 3 aromatic carbocycles. The number of carbonyl (C=O) groups excluding carboxylic acids is 2. The average molecular weight is 1140 g/mol. The van der Waals surface area contributed by atoms with E-state index in [1.807, 2.05) is 24.3 Å². The molecule has 2 aliphatic heterocycles. The van der Waals surface area contributed by atoms with Crippen LogP contribution in [0, 0.1) is 45.3 Å². The predicted molar refractivity (Wildman–Crippen MR) is 281 cm³/mol. The van der Waals surface area contributed by atoms with E-state index in [0.717, 1.165) is 46.6 Å². The van der Waals surface area contributed by atoms with Crippen LogP contribution in [-0.2, 0) is 22.6 Å². The highest BCUT2D eigenvalue weighted by molar-refractivity contribution is 7.81. The number of hydrogen-bond donors (Lipinski definition) is 6. The monoisotopic (exact) mass is 1130 g/mol. The van der Waals surface area contributed by atoms with E-state index in [4.69, 9.17) is 89.9 Å². The number of Topliss-reactive ketones (excluding diaryl/α,β-unsaturated/α-hetero) is 2. The Morgan fingerprint density at radius 1 is 0.630 bits per heavy atom. The van der Waals surface area contributed by atoms with E-state index in [-0.39, 0.29) is 97.3 Å². The number of nitrogens with zero attached hydrogens (tertiary/aromatic N) is 8. The van der Waals surface area contributed by atoms with Gasteiger partial charge in [-0.2, -0.15) is 29.8 Å². The molecule has 5 aromatic heterocycles. The third kappa shape index (κ3) is 6.56. The lowest BCUT2D eigenvalue weighted by atomic mass is 9.99. The highest BCUT2D eigenvalue weighted by Gasteiger charge is 2.39. The number of fused-ring (bicyclic) bond motifs is 14. The first-order valence-electron chi connectivity index (χ1n) is 20.8. The number of halogens is 4. The van der Waals surface area contributed by atoms with Crippen LogP contribution in [-0.4, -0.2) is 62.5 Å². The zero-order valence-corrected chi connectivity index (χ0v) is 42.9. The molecule has 73 heavy (non-hydrogen) atoms. The average Bonchev–Trinajstić information content (AvgIpc) is 4.23. The number of aliphatic hydroxyl groups excluding tert-OH is 4. The molecule has 356 valence electrons. The molecule has 4 aliphatic rings. The highest BCUT2D eigenvalue weighted by Crippen LogP contribution is 2.54. The van der Waals surface area contributed by atoms with E-state index < -0.39 is 58.3 Å². The number of thiol groups is 2. The summed E-state index contributed by atoms with van der Waals surface area (Å²) in [7, 11) is 0. The van der Waals surface area contributed by atoms with Crippen molar-refractivity contribution < 1.29 is 39.5 Å². The van der Waals surface area contributed by atoms with Crippen LogP contribution in [0.25, 0.3) is 75.9 Å². The Bertz CT molecular complexity index is 4150. The Balaban J connectivity index is 1.07. The van der Waals surface area contributed by atoms with Gasteiger partial charge in [0.2, 0.25) is 12.6 Å². The fourth-order valence-electron chi connectivity index (χ4n) is 9.77. The lowest BCUT2D eigenvalue weighted by molar-refractivity contribution is -0.0709. The van der Waals surface area contributed by atoms with Crippen LogP contribution >= 0.6 is 106 Å². The molecule has 4 bridgehead atoms. The van der Waals surface area contributed by atoms with Crippen molar-refractivity contribution in [2.45, 2.75) is 35.5 Å². The third-order valence-corrected chi connectivity index (χ3v) is 18.2. The SMILES string of the molecule is N#CC(C#N)=C1/C(=C/C2=C(\O)c3sc4c5c6nsnc6c6c7sc8c(S)c7n(c6c5n(c4c3S)CC(O)O2)CC(O)OC(/C=C2\C(=O)c3cc(Cl)c(Cl)cc3C2=C(C#N)C#N)=C\8O)C(=O)c2cc(Cl)c(Cl)cc21.